The predicted octanol–water partition coefficient (Wildman–Crippen LogP) is 0.235. The molecule has 2 aromatic rings. The fraction of sp³-hybridized carbons (Fsp3) is 0.474. The number of nitrogens with zero attached hydrogens (tertiary/aromatic N) is 3. The Hall–Kier alpha value is -3.10. The number of aromatic nitrogens is 2. The van der Waals surface area contributed by atoms with Crippen molar-refractivity contribution in [2.45, 2.75) is 45.8 Å². The van der Waals surface area contributed by atoms with Gasteiger partial charge in [0.25, 0.3) is 0 Å². The number of carbonyl (C=O) groups is 3. The fourth-order valence-electron chi connectivity index (χ4n) is 3.26. The Balaban J connectivity index is 1.78. The van der Waals surface area contributed by atoms with Gasteiger partial charge >= 0.3 is 6.03 Å². The highest BCUT2D eigenvalue weighted by Crippen LogP contribution is 2.27. The summed E-state index contributed by atoms with van der Waals surface area (Å²) in [6.07, 6.45) is 0.635. The third kappa shape index (κ3) is 3.64. The molecule has 1 aliphatic heterocycles. The van der Waals surface area contributed by atoms with Crippen molar-refractivity contribution in [3.05, 3.63) is 24.3 Å². The number of benzene rings is 1. The summed E-state index contributed by atoms with van der Waals surface area (Å²) in [6, 6.07) is 5.19. The molecule has 0 bridgehead atoms. The zero-order chi connectivity index (χ0) is 20.4. The van der Waals surface area contributed by atoms with E-state index in [-0.39, 0.29) is 5.92 Å². The molecule has 9 nitrogen and oxygen atoms in total. The van der Waals surface area contributed by atoms with Crippen molar-refractivity contribution in [3.63, 3.8) is 0 Å². The van der Waals surface area contributed by atoms with Gasteiger partial charge in [-0.2, -0.15) is 0 Å². The number of imidazole rings is 1. The third-order valence-corrected chi connectivity index (χ3v) is 5.15. The second kappa shape index (κ2) is 7.87. The quantitative estimate of drug-likeness (QED) is 0.737. The normalized spacial score (nSPS) is 16.3. The fourth-order valence-corrected chi connectivity index (χ4v) is 3.26. The molecule has 2 N–H and O–H groups in total. The van der Waals surface area contributed by atoms with Gasteiger partial charge in [0, 0.05) is 13.1 Å². The Bertz CT molecular complexity index is 909. The first-order valence-corrected chi connectivity index (χ1v) is 9.38. The molecule has 1 aromatic heterocycles. The van der Waals surface area contributed by atoms with Gasteiger partial charge in [0.2, 0.25) is 11.9 Å². The minimum Gasteiger partial charge on any atom is -0.548 e. The van der Waals surface area contributed by atoms with Crippen LogP contribution in [0.1, 0.15) is 27.2 Å². The average molecular weight is 386 g/mol. The Morgan fingerprint density at radius 2 is 1.89 bits per heavy atom. The van der Waals surface area contributed by atoms with E-state index in [1.807, 2.05) is 42.7 Å². The zero-order valence-corrected chi connectivity index (χ0v) is 16.1. The molecule has 0 saturated carbocycles. The topological polar surface area (TPSA) is 119 Å². The Morgan fingerprint density at radius 3 is 2.57 bits per heavy atom. The van der Waals surface area contributed by atoms with Gasteiger partial charge in [0.15, 0.2) is 0 Å². The van der Waals surface area contributed by atoms with Crippen LogP contribution in [0.5, 0.6) is 0 Å². The lowest BCUT2D eigenvalue weighted by atomic mass is 9.98. The van der Waals surface area contributed by atoms with E-state index in [0.29, 0.717) is 25.5 Å². The van der Waals surface area contributed by atoms with E-state index in [4.69, 9.17) is 0 Å². The van der Waals surface area contributed by atoms with E-state index in [2.05, 4.69) is 15.6 Å². The smallest absolute Gasteiger partial charge is 0.324 e. The molecule has 0 radical (unpaired) electrons. The minimum absolute atomic E-state index is 0.181. The number of amides is 3. The molecule has 150 valence electrons. The SMILES string of the molecule is CC[C@H](C)[C@H](NC(=O)N1CCn2c1nc1ccccc12)C(=O)N[C@H](C)C(=O)[O-]. The molecule has 3 amide bonds. The second-order valence-electron chi connectivity index (χ2n) is 7.07. The number of carboxylic acid groups (broad SMARTS) is 1. The Labute approximate surface area is 162 Å². The first-order valence-electron chi connectivity index (χ1n) is 9.38. The summed E-state index contributed by atoms with van der Waals surface area (Å²) in [5.41, 5.74) is 1.75. The molecule has 0 unspecified atom stereocenters. The summed E-state index contributed by atoms with van der Waals surface area (Å²) in [7, 11) is 0. The molecular weight excluding hydrogens is 362 g/mol. The number of hydrogen-bond acceptors (Lipinski definition) is 5. The number of nitrogens with one attached hydrogen (secondary N) is 2. The zero-order valence-electron chi connectivity index (χ0n) is 16.1. The summed E-state index contributed by atoms with van der Waals surface area (Å²) >= 11 is 0. The number of anilines is 1. The molecule has 2 heterocycles. The number of carbonyl (C=O) groups excluding carboxylic acids is 3. The summed E-state index contributed by atoms with van der Waals surface area (Å²) in [6.45, 7) is 6.11. The summed E-state index contributed by atoms with van der Waals surface area (Å²) in [5.74, 6) is -1.58. The van der Waals surface area contributed by atoms with Crippen LogP contribution >= 0.6 is 0 Å². The number of carboxylic acids is 1. The van der Waals surface area contributed by atoms with Crippen LogP contribution in [0.4, 0.5) is 10.7 Å². The van der Waals surface area contributed by atoms with Gasteiger partial charge in [-0.3, -0.25) is 9.69 Å². The van der Waals surface area contributed by atoms with E-state index in [1.165, 1.54) is 11.8 Å². The monoisotopic (exact) mass is 386 g/mol. The second-order valence-corrected chi connectivity index (χ2v) is 7.07. The third-order valence-electron chi connectivity index (χ3n) is 5.15. The minimum atomic E-state index is -1.38. The number of hydrogen-bond donors (Lipinski definition) is 2. The molecule has 0 saturated heterocycles. The molecule has 0 fully saturated rings. The van der Waals surface area contributed by atoms with Crippen LogP contribution < -0.4 is 20.6 Å². The van der Waals surface area contributed by atoms with Gasteiger partial charge in [0.05, 0.1) is 23.0 Å². The predicted molar refractivity (Wildman–Crippen MR) is 101 cm³/mol. The molecule has 1 aliphatic rings. The van der Waals surface area contributed by atoms with Gasteiger partial charge in [-0.25, -0.2) is 9.78 Å². The van der Waals surface area contributed by atoms with Crippen molar-refractivity contribution < 1.29 is 19.5 Å². The van der Waals surface area contributed by atoms with Crippen LogP contribution in [0.3, 0.4) is 0 Å². The van der Waals surface area contributed by atoms with E-state index < -0.39 is 30.0 Å². The average Bonchev–Trinajstić information content (AvgIpc) is 3.24. The van der Waals surface area contributed by atoms with E-state index in [0.717, 1.165) is 11.0 Å². The molecular formula is C19H24N5O4-. The number of para-hydroxylation sites is 2. The largest absolute Gasteiger partial charge is 0.548 e. The van der Waals surface area contributed by atoms with Crippen LogP contribution in [-0.2, 0) is 16.1 Å². The maximum Gasteiger partial charge on any atom is 0.324 e. The molecule has 1 aromatic carbocycles. The van der Waals surface area contributed by atoms with Crippen LogP contribution in [0, 0.1) is 5.92 Å². The molecule has 0 aliphatic carbocycles. The lowest BCUT2D eigenvalue weighted by molar-refractivity contribution is -0.307. The van der Waals surface area contributed by atoms with Gasteiger partial charge in [0.1, 0.15) is 6.04 Å². The summed E-state index contributed by atoms with van der Waals surface area (Å²) in [4.78, 5) is 42.4. The van der Waals surface area contributed by atoms with Crippen molar-refractivity contribution in [2.24, 2.45) is 5.92 Å². The van der Waals surface area contributed by atoms with Crippen LogP contribution in [0.25, 0.3) is 11.0 Å². The maximum atomic E-state index is 12.9. The highest BCUT2D eigenvalue weighted by molar-refractivity contribution is 5.97. The number of aliphatic carboxylic acids is 1. The van der Waals surface area contributed by atoms with Crippen LogP contribution in [0.2, 0.25) is 0 Å². The van der Waals surface area contributed by atoms with E-state index >= 15 is 0 Å². The molecule has 3 rings (SSSR count). The first kappa shape index (κ1) is 19.7. The summed E-state index contributed by atoms with van der Waals surface area (Å²) < 4.78 is 1.96. The molecule has 0 spiro atoms. The van der Waals surface area contributed by atoms with Crippen molar-refractivity contribution in [2.75, 3.05) is 11.4 Å². The van der Waals surface area contributed by atoms with Crippen LogP contribution in [-0.4, -0.2) is 46.1 Å². The van der Waals surface area contributed by atoms with Crippen molar-refractivity contribution in [1.29, 1.82) is 0 Å². The lowest BCUT2D eigenvalue weighted by Crippen LogP contribution is -2.57. The number of rotatable bonds is 6. The lowest BCUT2D eigenvalue weighted by Gasteiger charge is -2.27. The van der Waals surface area contributed by atoms with Gasteiger partial charge in [-0.05, 0) is 25.0 Å². The Kier molecular flexibility index (Phi) is 5.53. The molecule has 28 heavy (non-hydrogen) atoms. The van der Waals surface area contributed by atoms with Crippen LogP contribution in [0.15, 0.2) is 24.3 Å². The van der Waals surface area contributed by atoms with E-state index in [1.54, 1.807) is 0 Å². The van der Waals surface area contributed by atoms with Crippen molar-refractivity contribution >= 4 is 34.9 Å². The number of fused-ring (bicyclic) bond motifs is 3. The highest BCUT2D eigenvalue weighted by Gasteiger charge is 2.33. The maximum absolute atomic E-state index is 12.9. The number of urea groups is 1. The van der Waals surface area contributed by atoms with Crippen molar-refractivity contribution in [3.8, 4) is 0 Å². The van der Waals surface area contributed by atoms with Gasteiger partial charge < -0.3 is 25.1 Å². The van der Waals surface area contributed by atoms with Gasteiger partial charge in [-0.1, -0.05) is 32.4 Å². The van der Waals surface area contributed by atoms with Gasteiger partial charge in [-0.15, -0.1) is 0 Å². The first-order chi connectivity index (χ1) is 13.3. The Morgan fingerprint density at radius 1 is 1.18 bits per heavy atom. The summed E-state index contributed by atoms with van der Waals surface area (Å²) in [5, 5.41) is 16.0. The standard InChI is InChI=1S/C19H25N5O4/c1-4-11(2)15(16(25)20-12(3)17(26)27)22-19(28)24-10-9-23-14-8-6-5-7-13(14)21-18(23)24/h5-8,11-12,15H,4,9-10H2,1-3H3,(H,20,25)(H,22,28)(H,26,27)/p-1/t11-,12+,15-/m0/s1. The van der Waals surface area contributed by atoms with Crippen molar-refractivity contribution in [1.82, 2.24) is 20.2 Å². The molecule has 9 heteroatoms. The van der Waals surface area contributed by atoms with E-state index in [9.17, 15) is 19.5 Å². The molecule has 3 atom stereocenters. The highest BCUT2D eigenvalue weighted by atomic mass is 16.4.